The van der Waals surface area contributed by atoms with Crippen molar-refractivity contribution in [1.82, 2.24) is 29.5 Å². The number of hydrogen-bond acceptors (Lipinski definition) is 5. The van der Waals surface area contributed by atoms with E-state index in [1.807, 2.05) is 31.2 Å². The number of fused-ring (bicyclic) bond motifs is 1. The second-order valence-electron chi connectivity index (χ2n) is 7.65. The van der Waals surface area contributed by atoms with Crippen molar-refractivity contribution in [3.8, 4) is 11.6 Å². The molecule has 0 saturated carbocycles. The number of benzene rings is 2. The van der Waals surface area contributed by atoms with E-state index in [2.05, 4.69) is 25.5 Å². The van der Waals surface area contributed by atoms with Gasteiger partial charge in [-0.05, 0) is 38.1 Å². The molecule has 3 heterocycles. The Morgan fingerprint density at radius 1 is 1.12 bits per heavy atom. The van der Waals surface area contributed by atoms with E-state index in [0.29, 0.717) is 11.3 Å². The number of nitrogens with one attached hydrogen (secondary N) is 2. The third-order valence-corrected chi connectivity index (χ3v) is 5.48. The Labute approximate surface area is 196 Å². The van der Waals surface area contributed by atoms with E-state index in [9.17, 15) is 14.0 Å². The molecule has 0 spiro atoms. The van der Waals surface area contributed by atoms with Gasteiger partial charge in [0.05, 0.1) is 28.2 Å². The predicted molar refractivity (Wildman–Crippen MR) is 125 cm³/mol. The average molecular weight is 478 g/mol. The van der Waals surface area contributed by atoms with Crippen LogP contribution in [0.5, 0.6) is 0 Å². The molecule has 0 aliphatic rings. The number of anilines is 1. The second kappa shape index (κ2) is 8.23. The number of aromatic nitrogens is 6. The summed E-state index contributed by atoms with van der Waals surface area (Å²) in [6.45, 7) is 3.67. The summed E-state index contributed by atoms with van der Waals surface area (Å²) in [4.78, 5) is 32.8. The molecule has 3 aromatic heterocycles. The van der Waals surface area contributed by atoms with E-state index in [1.54, 1.807) is 17.7 Å². The average Bonchev–Trinajstić information content (AvgIpc) is 3.38. The standard InChI is InChI=1S/C23H17ClFN7O2/c1-12-6-8-14(9-7-12)31-20-15(11-26-31)21(33)29-23(28-20)32-18(10-13(2)30-32)27-22(34)19-16(24)4-3-5-17(19)25/h3-11H,1-2H3,(H,27,34)(H,28,29,33). The number of hydrogen-bond donors (Lipinski definition) is 2. The van der Waals surface area contributed by atoms with Crippen LogP contribution in [-0.2, 0) is 0 Å². The Hall–Kier alpha value is -4.31. The van der Waals surface area contributed by atoms with Crippen LogP contribution in [0.2, 0.25) is 5.02 Å². The molecule has 5 rings (SSSR count). The number of carbonyl (C=O) groups is 1. The quantitative estimate of drug-likeness (QED) is 0.407. The van der Waals surface area contributed by atoms with Gasteiger partial charge in [-0.1, -0.05) is 35.4 Å². The highest BCUT2D eigenvalue weighted by atomic mass is 35.5. The lowest BCUT2D eigenvalue weighted by Crippen LogP contribution is -2.20. The minimum absolute atomic E-state index is 0.0322. The lowest BCUT2D eigenvalue weighted by molar-refractivity contribution is 0.102. The zero-order valence-corrected chi connectivity index (χ0v) is 18.8. The van der Waals surface area contributed by atoms with Crippen molar-refractivity contribution < 1.29 is 9.18 Å². The van der Waals surface area contributed by atoms with Gasteiger partial charge in [-0.25, -0.2) is 9.07 Å². The SMILES string of the molecule is Cc1ccc(-n2ncc3c(=O)[nH]c(-n4nc(C)cc4NC(=O)c4c(F)cccc4Cl)nc32)cc1. The van der Waals surface area contributed by atoms with Gasteiger partial charge < -0.3 is 5.32 Å². The minimum Gasteiger partial charge on any atom is -0.306 e. The fraction of sp³-hybridized carbons (Fsp3) is 0.0870. The van der Waals surface area contributed by atoms with Gasteiger partial charge in [0.2, 0.25) is 5.95 Å². The van der Waals surface area contributed by atoms with Crippen molar-refractivity contribution >= 4 is 34.4 Å². The molecule has 2 N–H and O–H groups in total. The summed E-state index contributed by atoms with van der Waals surface area (Å²) < 4.78 is 17.0. The van der Waals surface area contributed by atoms with Gasteiger partial charge in [0, 0.05) is 6.07 Å². The van der Waals surface area contributed by atoms with E-state index >= 15 is 0 Å². The van der Waals surface area contributed by atoms with Crippen molar-refractivity contribution in [2.24, 2.45) is 0 Å². The number of carbonyl (C=O) groups excluding carboxylic acids is 1. The highest BCUT2D eigenvalue weighted by molar-refractivity contribution is 6.34. The Morgan fingerprint density at radius 2 is 1.88 bits per heavy atom. The van der Waals surface area contributed by atoms with Crippen molar-refractivity contribution in [2.45, 2.75) is 13.8 Å². The van der Waals surface area contributed by atoms with Gasteiger partial charge in [0.15, 0.2) is 5.65 Å². The maximum Gasteiger partial charge on any atom is 0.263 e. The molecule has 0 atom stereocenters. The van der Waals surface area contributed by atoms with E-state index < -0.39 is 17.3 Å². The van der Waals surface area contributed by atoms with Crippen LogP contribution in [0.25, 0.3) is 22.7 Å². The zero-order valence-electron chi connectivity index (χ0n) is 18.0. The predicted octanol–water partition coefficient (Wildman–Crippen LogP) is 3.96. The van der Waals surface area contributed by atoms with E-state index in [4.69, 9.17) is 11.6 Å². The fourth-order valence-electron chi connectivity index (χ4n) is 3.53. The first-order valence-electron chi connectivity index (χ1n) is 10.2. The van der Waals surface area contributed by atoms with Crippen molar-refractivity contribution in [2.75, 3.05) is 5.32 Å². The molecule has 0 unspecified atom stereocenters. The maximum absolute atomic E-state index is 14.2. The van der Waals surface area contributed by atoms with Crippen LogP contribution in [-0.4, -0.2) is 35.4 Å². The van der Waals surface area contributed by atoms with Crippen LogP contribution in [0.1, 0.15) is 21.6 Å². The molecule has 0 aliphatic heterocycles. The largest absolute Gasteiger partial charge is 0.306 e. The van der Waals surface area contributed by atoms with E-state index in [-0.39, 0.29) is 27.7 Å². The van der Waals surface area contributed by atoms with Crippen molar-refractivity contribution in [1.29, 1.82) is 0 Å². The smallest absolute Gasteiger partial charge is 0.263 e. The fourth-order valence-corrected chi connectivity index (χ4v) is 3.77. The Balaban J connectivity index is 1.60. The molecular formula is C23H17ClFN7O2. The third-order valence-electron chi connectivity index (χ3n) is 5.17. The minimum atomic E-state index is -0.766. The van der Waals surface area contributed by atoms with Crippen molar-refractivity contribution in [3.05, 3.63) is 92.7 Å². The van der Waals surface area contributed by atoms with Gasteiger partial charge >= 0.3 is 0 Å². The van der Waals surface area contributed by atoms with Crippen molar-refractivity contribution in [3.63, 3.8) is 0 Å². The highest BCUT2D eigenvalue weighted by Crippen LogP contribution is 2.22. The molecule has 11 heteroatoms. The Morgan fingerprint density at radius 3 is 2.62 bits per heavy atom. The number of aromatic amines is 1. The first-order chi connectivity index (χ1) is 16.3. The molecule has 2 aromatic carbocycles. The lowest BCUT2D eigenvalue weighted by Gasteiger charge is -2.10. The van der Waals surface area contributed by atoms with Gasteiger partial charge in [0.25, 0.3) is 11.5 Å². The van der Waals surface area contributed by atoms with Gasteiger partial charge in [0.1, 0.15) is 17.0 Å². The van der Waals surface area contributed by atoms with Crippen LogP contribution in [0.4, 0.5) is 10.2 Å². The maximum atomic E-state index is 14.2. The molecule has 0 radical (unpaired) electrons. The first kappa shape index (κ1) is 21.5. The van der Waals surface area contributed by atoms with Gasteiger partial charge in [-0.2, -0.15) is 19.9 Å². The summed E-state index contributed by atoms with van der Waals surface area (Å²) in [5.74, 6) is -1.31. The van der Waals surface area contributed by atoms with Crippen LogP contribution < -0.4 is 10.9 Å². The molecule has 0 fully saturated rings. The monoisotopic (exact) mass is 477 g/mol. The lowest BCUT2D eigenvalue weighted by atomic mass is 10.2. The molecule has 0 aliphatic carbocycles. The third kappa shape index (κ3) is 3.73. The summed E-state index contributed by atoms with van der Waals surface area (Å²) in [6.07, 6.45) is 1.43. The van der Waals surface area contributed by atoms with Crippen LogP contribution in [0.15, 0.2) is 59.5 Å². The zero-order chi connectivity index (χ0) is 24.0. The number of amides is 1. The molecule has 170 valence electrons. The number of aryl methyl sites for hydroxylation is 2. The summed E-state index contributed by atoms with van der Waals surface area (Å²) >= 11 is 6.02. The van der Waals surface area contributed by atoms with Gasteiger partial charge in [-0.3, -0.25) is 14.6 Å². The van der Waals surface area contributed by atoms with Gasteiger partial charge in [-0.15, -0.1) is 0 Å². The molecule has 9 nitrogen and oxygen atoms in total. The van der Waals surface area contributed by atoms with Crippen LogP contribution >= 0.6 is 11.6 Å². The molecule has 0 bridgehead atoms. The van der Waals surface area contributed by atoms with Crippen LogP contribution in [0, 0.1) is 19.7 Å². The normalized spacial score (nSPS) is 11.2. The second-order valence-corrected chi connectivity index (χ2v) is 8.06. The molecule has 1 amide bonds. The van der Waals surface area contributed by atoms with E-state index in [0.717, 1.165) is 17.3 Å². The first-order valence-corrected chi connectivity index (χ1v) is 10.6. The number of nitrogens with zero attached hydrogens (tertiary/aromatic N) is 5. The number of rotatable bonds is 4. The Bertz CT molecular complexity index is 1600. The van der Waals surface area contributed by atoms with Crippen LogP contribution in [0.3, 0.4) is 0 Å². The Kier molecular flexibility index (Phi) is 5.21. The molecule has 5 aromatic rings. The molecule has 34 heavy (non-hydrogen) atoms. The topological polar surface area (TPSA) is 110 Å². The summed E-state index contributed by atoms with van der Waals surface area (Å²) in [5, 5.41) is 11.5. The number of H-pyrrole nitrogens is 1. The molecular weight excluding hydrogens is 461 g/mol. The summed E-state index contributed by atoms with van der Waals surface area (Å²) in [6, 6.07) is 13.1. The number of halogens is 2. The summed E-state index contributed by atoms with van der Waals surface area (Å²) in [5.41, 5.74) is 1.91. The van der Waals surface area contributed by atoms with E-state index in [1.165, 1.54) is 23.0 Å². The summed E-state index contributed by atoms with van der Waals surface area (Å²) in [7, 11) is 0. The highest BCUT2D eigenvalue weighted by Gasteiger charge is 2.20. The molecule has 0 saturated heterocycles.